The number of hydrogen-bond donors (Lipinski definition) is 2. The standard InChI is InChI=1S/C16H17FN2O/c1-11-5-7-13(17)10-15(11)19-16(20)8-6-12-3-2-4-14(18)9-12/h2-5,7,9-10H,6,8,18H2,1H3,(H,19,20). The molecule has 2 rings (SSSR count). The minimum atomic E-state index is -0.360. The number of aryl methyl sites for hydroxylation is 2. The quantitative estimate of drug-likeness (QED) is 0.839. The van der Waals surface area contributed by atoms with Crippen molar-refractivity contribution in [3.8, 4) is 0 Å². The van der Waals surface area contributed by atoms with Crippen LogP contribution in [0.2, 0.25) is 0 Å². The number of nitrogen functional groups attached to an aromatic ring is 1. The van der Waals surface area contributed by atoms with Gasteiger partial charge in [-0.1, -0.05) is 18.2 Å². The van der Waals surface area contributed by atoms with Gasteiger partial charge in [-0.3, -0.25) is 4.79 Å². The van der Waals surface area contributed by atoms with Crippen molar-refractivity contribution in [3.05, 3.63) is 59.4 Å². The molecule has 3 nitrogen and oxygen atoms in total. The first kappa shape index (κ1) is 14.1. The van der Waals surface area contributed by atoms with Crippen LogP contribution in [0.5, 0.6) is 0 Å². The van der Waals surface area contributed by atoms with Crippen molar-refractivity contribution < 1.29 is 9.18 Å². The van der Waals surface area contributed by atoms with E-state index in [9.17, 15) is 9.18 Å². The first-order valence-electron chi connectivity index (χ1n) is 6.45. The molecule has 0 atom stereocenters. The van der Waals surface area contributed by atoms with Crippen LogP contribution >= 0.6 is 0 Å². The van der Waals surface area contributed by atoms with Crippen LogP contribution < -0.4 is 11.1 Å². The number of nitrogens with one attached hydrogen (secondary N) is 1. The van der Waals surface area contributed by atoms with E-state index in [0.717, 1.165) is 11.1 Å². The molecular formula is C16H17FN2O. The topological polar surface area (TPSA) is 55.1 Å². The average Bonchev–Trinajstić information content (AvgIpc) is 2.41. The summed E-state index contributed by atoms with van der Waals surface area (Å²) in [5.41, 5.74) is 8.73. The Morgan fingerprint density at radius 3 is 2.80 bits per heavy atom. The van der Waals surface area contributed by atoms with Crippen molar-refractivity contribution in [3.63, 3.8) is 0 Å². The van der Waals surface area contributed by atoms with Crippen molar-refractivity contribution in [2.45, 2.75) is 19.8 Å². The molecule has 0 aliphatic heterocycles. The van der Waals surface area contributed by atoms with Crippen molar-refractivity contribution in [2.75, 3.05) is 11.1 Å². The molecule has 2 aromatic carbocycles. The maximum absolute atomic E-state index is 13.1. The number of benzene rings is 2. The molecule has 0 heterocycles. The van der Waals surface area contributed by atoms with Gasteiger partial charge in [-0.25, -0.2) is 4.39 Å². The van der Waals surface area contributed by atoms with Gasteiger partial charge in [-0.2, -0.15) is 0 Å². The van der Waals surface area contributed by atoms with Crippen LogP contribution in [0, 0.1) is 12.7 Å². The molecule has 0 unspecified atom stereocenters. The maximum atomic E-state index is 13.1. The lowest BCUT2D eigenvalue weighted by Crippen LogP contribution is -2.13. The summed E-state index contributed by atoms with van der Waals surface area (Å²) in [5, 5.41) is 2.73. The Labute approximate surface area is 117 Å². The molecule has 1 amide bonds. The summed E-state index contributed by atoms with van der Waals surface area (Å²) in [6.07, 6.45) is 0.935. The van der Waals surface area contributed by atoms with Gasteiger partial charge in [-0.15, -0.1) is 0 Å². The Balaban J connectivity index is 1.94. The lowest BCUT2D eigenvalue weighted by atomic mass is 10.1. The van der Waals surface area contributed by atoms with E-state index in [1.54, 1.807) is 12.1 Å². The predicted molar refractivity (Wildman–Crippen MR) is 78.9 cm³/mol. The second-order valence-corrected chi connectivity index (χ2v) is 4.75. The third-order valence-corrected chi connectivity index (χ3v) is 3.07. The first-order valence-corrected chi connectivity index (χ1v) is 6.45. The van der Waals surface area contributed by atoms with Crippen molar-refractivity contribution in [1.82, 2.24) is 0 Å². The summed E-state index contributed by atoms with van der Waals surface area (Å²) >= 11 is 0. The van der Waals surface area contributed by atoms with Crippen molar-refractivity contribution >= 4 is 17.3 Å². The fraction of sp³-hybridized carbons (Fsp3) is 0.188. The number of hydrogen-bond acceptors (Lipinski definition) is 2. The van der Waals surface area contributed by atoms with E-state index < -0.39 is 0 Å². The van der Waals surface area contributed by atoms with Gasteiger partial charge in [0.25, 0.3) is 0 Å². The molecule has 20 heavy (non-hydrogen) atoms. The zero-order valence-corrected chi connectivity index (χ0v) is 11.3. The Kier molecular flexibility index (Phi) is 4.35. The van der Waals surface area contributed by atoms with Crippen molar-refractivity contribution in [2.24, 2.45) is 0 Å². The number of nitrogens with two attached hydrogens (primary N) is 1. The molecule has 0 fully saturated rings. The van der Waals surface area contributed by atoms with Crippen LogP contribution in [0.3, 0.4) is 0 Å². The summed E-state index contributed by atoms with van der Waals surface area (Å²) < 4.78 is 13.1. The molecule has 0 spiro atoms. The molecule has 0 aromatic heterocycles. The molecule has 2 aromatic rings. The maximum Gasteiger partial charge on any atom is 0.224 e. The molecule has 0 aliphatic rings. The first-order chi connectivity index (χ1) is 9.54. The Hall–Kier alpha value is -2.36. The summed E-state index contributed by atoms with van der Waals surface area (Å²) in [5.74, 6) is -0.497. The highest BCUT2D eigenvalue weighted by Crippen LogP contribution is 2.16. The third kappa shape index (κ3) is 3.82. The molecule has 0 aliphatic carbocycles. The fourth-order valence-electron chi connectivity index (χ4n) is 1.95. The minimum absolute atomic E-state index is 0.138. The van der Waals surface area contributed by atoms with E-state index in [-0.39, 0.29) is 11.7 Å². The summed E-state index contributed by atoms with van der Waals surface area (Å²) in [7, 11) is 0. The third-order valence-electron chi connectivity index (χ3n) is 3.07. The summed E-state index contributed by atoms with van der Waals surface area (Å²) in [6.45, 7) is 1.83. The van der Waals surface area contributed by atoms with Gasteiger partial charge in [0.2, 0.25) is 5.91 Å². The monoisotopic (exact) mass is 272 g/mol. The molecule has 0 radical (unpaired) electrons. The molecule has 0 saturated carbocycles. The summed E-state index contributed by atoms with van der Waals surface area (Å²) in [4.78, 5) is 11.9. The van der Waals surface area contributed by atoms with Crippen LogP contribution in [0.25, 0.3) is 0 Å². The Bertz CT molecular complexity index is 626. The molecule has 0 bridgehead atoms. The Morgan fingerprint density at radius 2 is 2.05 bits per heavy atom. The van der Waals surface area contributed by atoms with Gasteiger partial charge in [0.1, 0.15) is 5.82 Å². The lowest BCUT2D eigenvalue weighted by Gasteiger charge is -2.08. The largest absolute Gasteiger partial charge is 0.399 e. The van der Waals surface area contributed by atoms with Crippen LogP contribution in [0.15, 0.2) is 42.5 Å². The number of halogens is 1. The van der Waals surface area contributed by atoms with Gasteiger partial charge in [0.15, 0.2) is 0 Å². The van der Waals surface area contributed by atoms with Gasteiger partial charge in [-0.05, 0) is 48.7 Å². The van der Waals surface area contributed by atoms with E-state index in [2.05, 4.69) is 5.32 Å². The van der Waals surface area contributed by atoms with Crippen LogP contribution in [-0.4, -0.2) is 5.91 Å². The van der Waals surface area contributed by atoms with E-state index in [1.807, 2.05) is 25.1 Å². The molecule has 4 heteroatoms. The van der Waals surface area contributed by atoms with Gasteiger partial charge in [0, 0.05) is 17.8 Å². The molecule has 3 N–H and O–H groups in total. The fourth-order valence-corrected chi connectivity index (χ4v) is 1.95. The van der Waals surface area contributed by atoms with Crippen LogP contribution in [0.4, 0.5) is 15.8 Å². The SMILES string of the molecule is Cc1ccc(F)cc1NC(=O)CCc1cccc(N)c1. The van der Waals surface area contributed by atoms with E-state index >= 15 is 0 Å². The van der Waals surface area contributed by atoms with Gasteiger partial charge >= 0.3 is 0 Å². The molecular weight excluding hydrogens is 255 g/mol. The predicted octanol–water partition coefficient (Wildman–Crippen LogP) is 3.29. The Morgan fingerprint density at radius 1 is 1.25 bits per heavy atom. The highest BCUT2D eigenvalue weighted by Gasteiger charge is 2.06. The number of amides is 1. The minimum Gasteiger partial charge on any atom is -0.399 e. The summed E-state index contributed by atoms with van der Waals surface area (Å²) in [6, 6.07) is 11.8. The average molecular weight is 272 g/mol. The lowest BCUT2D eigenvalue weighted by molar-refractivity contribution is -0.116. The number of carbonyl (C=O) groups is 1. The molecule has 0 saturated heterocycles. The zero-order valence-electron chi connectivity index (χ0n) is 11.3. The number of anilines is 2. The number of carbonyl (C=O) groups excluding carboxylic acids is 1. The number of rotatable bonds is 4. The zero-order chi connectivity index (χ0) is 14.5. The smallest absolute Gasteiger partial charge is 0.224 e. The highest BCUT2D eigenvalue weighted by molar-refractivity contribution is 5.91. The normalized spacial score (nSPS) is 10.3. The van der Waals surface area contributed by atoms with E-state index in [4.69, 9.17) is 5.73 Å². The van der Waals surface area contributed by atoms with Gasteiger partial charge in [0.05, 0.1) is 0 Å². The van der Waals surface area contributed by atoms with Crippen molar-refractivity contribution in [1.29, 1.82) is 0 Å². The van der Waals surface area contributed by atoms with Crippen LogP contribution in [0.1, 0.15) is 17.5 Å². The van der Waals surface area contributed by atoms with Crippen LogP contribution in [-0.2, 0) is 11.2 Å². The second-order valence-electron chi connectivity index (χ2n) is 4.75. The molecule has 104 valence electrons. The highest BCUT2D eigenvalue weighted by atomic mass is 19.1. The second kappa shape index (κ2) is 6.19. The van der Waals surface area contributed by atoms with E-state index in [0.29, 0.717) is 24.2 Å². The van der Waals surface area contributed by atoms with E-state index in [1.165, 1.54) is 12.1 Å². The van der Waals surface area contributed by atoms with Gasteiger partial charge < -0.3 is 11.1 Å².